The lowest BCUT2D eigenvalue weighted by molar-refractivity contribution is 0.0592. The van der Waals surface area contributed by atoms with E-state index in [-0.39, 0.29) is 5.97 Å². The van der Waals surface area contributed by atoms with Crippen molar-refractivity contribution in [2.24, 2.45) is 0 Å². The van der Waals surface area contributed by atoms with Gasteiger partial charge < -0.3 is 4.74 Å². The van der Waals surface area contributed by atoms with E-state index in [2.05, 4.69) is 4.98 Å². The molecule has 0 radical (unpaired) electrons. The van der Waals surface area contributed by atoms with Crippen LogP contribution in [0.4, 0.5) is 0 Å². The second-order valence-electron chi connectivity index (χ2n) is 4.34. The maximum atomic E-state index is 11.8. The summed E-state index contributed by atoms with van der Waals surface area (Å²) in [7, 11) is 1.41. The number of ether oxygens (including phenoxy) is 1. The Kier molecular flexibility index (Phi) is 2.99. The highest BCUT2D eigenvalue weighted by Crippen LogP contribution is 2.32. The summed E-state index contributed by atoms with van der Waals surface area (Å²) in [5.74, 6) is 3.35. The second-order valence-corrected chi connectivity index (χ2v) is 5.49. The second kappa shape index (κ2) is 4.65. The first-order valence-corrected chi connectivity index (χ1v) is 7.09. The standard InChI is InChI=1S/C13H14N2O2S/c1-17-13(16)11-4-2-3-10-7-14-12(15(10)11)9-5-6-18-8-9/h2-4,7,9H,5-6,8H2,1H3. The number of hydrogen-bond donors (Lipinski definition) is 0. The first-order chi connectivity index (χ1) is 8.81. The molecule has 1 aliphatic heterocycles. The minimum Gasteiger partial charge on any atom is -0.464 e. The van der Waals surface area contributed by atoms with Crippen LogP contribution in [0.1, 0.15) is 28.7 Å². The maximum Gasteiger partial charge on any atom is 0.355 e. The van der Waals surface area contributed by atoms with Crippen LogP contribution >= 0.6 is 11.8 Å². The largest absolute Gasteiger partial charge is 0.464 e. The molecule has 1 aliphatic rings. The minimum absolute atomic E-state index is 0.314. The van der Waals surface area contributed by atoms with E-state index in [9.17, 15) is 4.79 Å². The SMILES string of the molecule is COC(=O)c1cccc2cnc(C3CCSC3)n12. The van der Waals surface area contributed by atoms with Crippen LogP contribution in [0.5, 0.6) is 0 Å². The molecule has 2 aromatic rings. The van der Waals surface area contributed by atoms with Crippen LogP contribution in [0.2, 0.25) is 0 Å². The van der Waals surface area contributed by atoms with E-state index >= 15 is 0 Å². The van der Waals surface area contributed by atoms with E-state index in [1.807, 2.05) is 34.5 Å². The number of carbonyl (C=O) groups excluding carboxylic acids is 1. The van der Waals surface area contributed by atoms with Crippen molar-refractivity contribution in [1.29, 1.82) is 0 Å². The molecule has 0 bridgehead atoms. The Labute approximate surface area is 109 Å². The highest BCUT2D eigenvalue weighted by molar-refractivity contribution is 7.99. The van der Waals surface area contributed by atoms with Crippen molar-refractivity contribution in [1.82, 2.24) is 9.38 Å². The van der Waals surface area contributed by atoms with Crippen molar-refractivity contribution in [3.8, 4) is 0 Å². The van der Waals surface area contributed by atoms with Crippen LogP contribution in [0, 0.1) is 0 Å². The van der Waals surface area contributed by atoms with Gasteiger partial charge in [0.1, 0.15) is 11.5 Å². The summed E-state index contributed by atoms with van der Waals surface area (Å²) in [6.07, 6.45) is 2.95. The lowest BCUT2D eigenvalue weighted by Gasteiger charge is -2.10. The number of imidazole rings is 1. The average molecular weight is 262 g/mol. The molecule has 0 aromatic carbocycles. The monoisotopic (exact) mass is 262 g/mol. The zero-order chi connectivity index (χ0) is 12.5. The number of aromatic nitrogens is 2. The lowest BCUT2D eigenvalue weighted by Crippen LogP contribution is -2.12. The fraction of sp³-hybridized carbons (Fsp3) is 0.385. The smallest absolute Gasteiger partial charge is 0.355 e. The lowest BCUT2D eigenvalue weighted by atomic mass is 10.1. The zero-order valence-corrected chi connectivity index (χ0v) is 10.9. The summed E-state index contributed by atoms with van der Waals surface area (Å²) >= 11 is 1.94. The number of methoxy groups -OCH3 is 1. The number of esters is 1. The van der Waals surface area contributed by atoms with Gasteiger partial charge in [-0.2, -0.15) is 11.8 Å². The summed E-state index contributed by atoms with van der Waals surface area (Å²) in [6, 6.07) is 5.60. The van der Waals surface area contributed by atoms with E-state index in [0.29, 0.717) is 11.6 Å². The molecular formula is C13H14N2O2S. The van der Waals surface area contributed by atoms with Gasteiger partial charge in [0.2, 0.25) is 0 Å². The molecule has 1 fully saturated rings. The first kappa shape index (κ1) is 11.6. The van der Waals surface area contributed by atoms with Gasteiger partial charge in [-0.15, -0.1) is 0 Å². The molecule has 1 saturated heterocycles. The normalized spacial score (nSPS) is 19.3. The van der Waals surface area contributed by atoms with Gasteiger partial charge in [-0.3, -0.25) is 4.40 Å². The molecule has 1 atom stereocenters. The number of nitrogens with zero attached hydrogens (tertiary/aromatic N) is 2. The number of pyridine rings is 1. The van der Waals surface area contributed by atoms with Gasteiger partial charge in [0.25, 0.3) is 0 Å². The third-order valence-electron chi connectivity index (χ3n) is 3.27. The molecule has 0 aliphatic carbocycles. The molecule has 0 N–H and O–H groups in total. The molecule has 0 amide bonds. The minimum atomic E-state index is -0.314. The third kappa shape index (κ3) is 1.79. The molecule has 2 aromatic heterocycles. The van der Waals surface area contributed by atoms with Gasteiger partial charge >= 0.3 is 5.97 Å². The number of fused-ring (bicyclic) bond motifs is 1. The fourth-order valence-corrected chi connectivity index (χ4v) is 3.58. The molecule has 0 spiro atoms. The third-order valence-corrected chi connectivity index (χ3v) is 4.43. The summed E-state index contributed by atoms with van der Waals surface area (Å²) in [5.41, 5.74) is 1.50. The topological polar surface area (TPSA) is 43.6 Å². The predicted molar refractivity (Wildman–Crippen MR) is 71.2 cm³/mol. The number of carbonyl (C=O) groups is 1. The van der Waals surface area contributed by atoms with E-state index < -0.39 is 0 Å². The van der Waals surface area contributed by atoms with Crippen molar-refractivity contribution < 1.29 is 9.53 Å². The van der Waals surface area contributed by atoms with Crippen molar-refractivity contribution in [2.45, 2.75) is 12.3 Å². The Morgan fingerprint density at radius 2 is 2.44 bits per heavy atom. The number of rotatable bonds is 2. The van der Waals surface area contributed by atoms with Crippen LogP contribution in [-0.4, -0.2) is 34.0 Å². The Morgan fingerprint density at radius 3 is 3.17 bits per heavy atom. The molecule has 3 heterocycles. The van der Waals surface area contributed by atoms with Gasteiger partial charge in [-0.25, -0.2) is 9.78 Å². The summed E-state index contributed by atoms with van der Waals surface area (Å²) in [6.45, 7) is 0. The fourth-order valence-electron chi connectivity index (χ4n) is 2.36. The molecular weight excluding hydrogens is 248 g/mol. The van der Waals surface area contributed by atoms with Gasteiger partial charge in [0.05, 0.1) is 18.8 Å². The highest BCUT2D eigenvalue weighted by atomic mass is 32.2. The molecule has 0 saturated carbocycles. The van der Waals surface area contributed by atoms with E-state index in [1.165, 1.54) is 12.9 Å². The Bertz CT molecular complexity index is 588. The highest BCUT2D eigenvalue weighted by Gasteiger charge is 2.24. The van der Waals surface area contributed by atoms with Crippen LogP contribution < -0.4 is 0 Å². The van der Waals surface area contributed by atoms with Crippen LogP contribution in [-0.2, 0) is 4.74 Å². The van der Waals surface area contributed by atoms with Gasteiger partial charge in [0.15, 0.2) is 0 Å². The summed E-state index contributed by atoms with van der Waals surface area (Å²) in [4.78, 5) is 16.3. The van der Waals surface area contributed by atoms with Crippen molar-refractivity contribution >= 4 is 23.2 Å². The van der Waals surface area contributed by atoms with Crippen LogP contribution in [0.25, 0.3) is 5.52 Å². The van der Waals surface area contributed by atoms with Gasteiger partial charge in [-0.05, 0) is 24.3 Å². The molecule has 5 heteroatoms. The Balaban J connectivity index is 2.17. The molecule has 4 nitrogen and oxygen atoms in total. The summed E-state index contributed by atoms with van der Waals surface area (Å²) < 4.78 is 6.77. The molecule has 1 unspecified atom stereocenters. The molecule has 3 rings (SSSR count). The number of thioether (sulfide) groups is 1. The van der Waals surface area contributed by atoms with Crippen molar-refractivity contribution in [3.63, 3.8) is 0 Å². The Hall–Kier alpha value is -1.49. The quantitative estimate of drug-likeness (QED) is 0.779. The number of hydrogen-bond acceptors (Lipinski definition) is 4. The predicted octanol–water partition coefficient (Wildman–Crippen LogP) is 2.34. The van der Waals surface area contributed by atoms with Crippen LogP contribution in [0.3, 0.4) is 0 Å². The van der Waals surface area contributed by atoms with Crippen molar-refractivity contribution in [3.05, 3.63) is 35.9 Å². The van der Waals surface area contributed by atoms with E-state index in [0.717, 1.165) is 23.5 Å². The maximum absolute atomic E-state index is 11.8. The first-order valence-electron chi connectivity index (χ1n) is 5.93. The van der Waals surface area contributed by atoms with Gasteiger partial charge in [-0.1, -0.05) is 6.07 Å². The van der Waals surface area contributed by atoms with E-state index in [1.54, 1.807) is 6.07 Å². The van der Waals surface area contributed by atoms with Crippen LogP contribution in [0.15, 0.2) is 24.4 Å². The van der Waals surface area contributed by atoms with Gasteiger partial charge in [0, 0.05) is 11.7 Å². The Morgan fingerprint density at radius 1 is 1.56 bits per heavy atom. The summed E-state index contributed by atoms with van der Waals surface area (Å²) in [5, 5.41) is 0. The average Bonchev–Trinajstić information content (AvgIpc) is 3.05. The van der Waals surface area contributed by atoms with E-state index in [4.69, 9.17) is 4.74 Å². The molecule has 94 valence electrons. The molecule has 18 heavy (non-hydrogen) atoms. The zero-order valence-electron chi connectivity index (χ0n) is 10.1. The van der Waals surface area contributed by atoms with Crippen molar-refractivity contribution in [2.75, 3.05) is 18.6 Å².